The van der Waals surface area contributed by atoms with Crippen molar-refractivity contribution in [1.82, 2.24) is 15.6 Å². The van der Waals surface area contributed by atoms with Crippen molar-refractivity contribution in [3.05, 3.63) is 45.4 Å². The van der Waals surface area contributed by atoms with E-state index in [1.807, 2.05) is 21.0 Å². The normalized spacial score (nSPS) is 11.5. The van der Waals surface area contributed by atoms with Gasteiger partial charge < -0.3 is 15.5 Å². The first-order valence-electron chi connectivity index (χ1n) is 8.21. The fourth-order valence-corrected chi connectivity index (χ4v) is 3.09. The van der Waals surface area contributed by atoms with E-state index in [4.69, 9.17) is 0 Å². The summed E-state index contributed by atoms with van der Waals surface area (Å²) in [7, 11) is 4.10. The first kappa shape index (κ1) is 18.3. The maximum Gasteiger partial charge on any atom is 0.191 e. The molecule has 1 heterocycles. The number of guanidine groups is 1. The van der Waals surface area contributed by atoms with Gasteiger partial charge in [-0.1, -0.05) is 12.1 Å². The summed E-state index contributed by atoms with van der Waals surface area (Å²) in [5.74, 6) is 0.818. The second kappa shape index (κ2) is 8.68. The molecule has 130 valence electrons. The zero-order valence-corrected chi connectivity index (χ0v) is 16.0. The Balaban J connectivity index is 2.00. The molecule has 0 amide bonds. The summed E-state index contributed by atoms with van der Waals surface area (Å²) in [5, 5.41) is 7.74. The molecule has 0 spiro atoms. The van der Waals surface area contributed by atoms with Crippen molar-refractivity contribution in [2.45, 2.75) is 33.9 Å². The number of nitrogens with one attached hydrogen (secondary N) is 2. The van der Waals surface area contributed by atoms with Gasteiger partial charge >= 0.3 is 0 Å². The van der Waals surface area contributed by atoms with Crippen molar-refractivity contribution in [2.24, 2.45) is 4.99 Å². The third-order valence-electron chi connectivity index (χ3n) is 3.67. The number of benzene rings is 1. The van der Waals surface area contributed by atoms with Crippen molar-refractivity contribution in [3.8, 4) is 0 Å². The van der Waals surface area contributed by atoms with Gasteiger partial charge in [0.25, 0.3) is 0 Å². The Bertz CT molecular complexity index is 671. The largest absolute Gasteiger partial charge is 0.378 e. The van der Waals surface area contributed by atoms with E-state index in [2.05, 4.69) is 63.6 Å². The zero-order valence-electron chi connectivity index (χ0n) is 15.2. The SMILES string of the molecule is CCNC(=NCc1cccc(N(C)C)c1)NCc1nc(C)c(C)s1. The second-order valence-corrected chi connectivity index (χ2v) is 7.15. The van der Waals surface area contributed by atoms with Gasteiger partial charge in [-0.15, -0.1) is 11.3 Å². The molecule has 6 heteroatoms. The highest BCUT2D eigenvalue weighted by Crippen LogP contribution is 2.16. The van der Waals surface area contributed by atoms with E-state index in [1.165, 1.54) is 16.1 Å². The predicted molar refractivity (Wildman–Crippen MR) is 104 cm³/mol. The number of aryl methyl sites for hydroxylation is 2. The van der Waals surface area contributed by atoms with E-state index >= 15 is 0 Å². The lowest BCUT2D eigenvalue weighted by Crippen LogP contribution is -2.36. The molecule has 5 nitrogen and oxygen atoms in total. The third kappa shape index (κ3) is 5.23. The van der Waals surface area contributed by atoms with Crippen LogP contribution in [0.4, 0.5) is 5.69 Å². The van der Waals surface area contributed by atoms with Crippen molar-refractivity contribution in [2.75, 3.05) is 25.5 Å². The molecule has 1 aromatic carbocycles. The zero-order chi connectivity index (χ0) is 17.5. The first-order valence-corrected chi connectivity index (χ1v) is 9.02. The molecule has 0 saturated carbocycles. The number of hydrogen-bond acceptors (Lipinski definition) is 4. The van der Waals surface area contributed by atoms with Gasteiger partial charge in [0.05, 0.1) is 18.8 Å². The van der Waals surface area contributed by atoms with Crippen LogP contribution in [0, 0.1) is 13.8 Å². The van der Waals surface area contributed by atoms with Gasteiger partial charge in [0.1, 0.15) is 5.01 Å². The molecule has 24 heavy (non-hydrogen) atoms. The fourth-order valence-electron chi connectivity index (χ4n) is 2.22. The molecule has 0 fully saturated rings. The molecule has 0 unspecified atom stereocenters. The van der Waals surface area contributed by atoms with Crippen molar-refractivity contribution < 1.29 is 0 Å². The minimum absolute atomic E-state index is 0.646. The van der Waals surface area contributed by atoms with Gasteiger partial charge in [0.2, 0.25) is 0 Å². The Morgan fingerprint density at radius 3 is 2.67 bits per heavy atom. The summed E-state index contributed by atoms with van der Waals surface area (Å²) in [4.78, 5) is 12.6. The molecule has 2 N–H and O–H groups in total. The van der Waals surface area contributed by atoms with Gasteiger partial charge in [-0.3, -0.25) is 0 Å². The van der Waals surface area contributed by atoms with Gasteiger partial charge in [-0.05, 0) is 38.5 Å². The highest BCUT2D eigenvalue weighted by atomic mass is 32.1. The Labute approximate surface area is 148 Å². The van der Waals surface area contributed by atoms with Crippen LogP contribution in [0.15, 0.2) is 29.3 Å². The Kier molecular flexibility index (Phi) is 6.61. The maximum absolute atomic E-state index is 4.68. The van der Waals surface area contributed by atoms with Crippen molar-refractivity contribution in [3.63, 3.8) is 0 Å². The molecular formula is C18H27N5S. The lowest BCUT2D eigenvalue weighted by atomic mass is 10.2. The number of rotatable bonds is 6. The third-order valence-corrected chi connectivity index (χ3v) is 4.74. The van der Waals surface area contributed by atoms with Crippen LogP contribution in [0.25, 0.3) is 0 Å². The van der Waals surface area contributed by atoms with E-state index in [1.54, 1.807) is 11.3 Å². The van der Waals surface area contributed by atoms with Crippen LogP contribution >= 0.6 is 11.3 Å². The van der Waals surface area contributed by atoms with Crippen LogP contribution in [0.5, 0.6) is 0 Å². The lowest BCUT2D eigenvalue weighted by molar-refractivity contribution is 0.809. The van der Waals surface area contributed by atoms with Crippen LogP contribution in [0.2, 0.25) is 0 Å². The number of thiazole rings is 1. The number of aromatic nitrogens is 1. The fraction of sp³-hybridized carbons (Fsp3) is 0.444. The van der Waals surface area contributed by atoms with Crippen LogP contribution in [-0.4, -0.2) is 31.6 Å². The lowest BCUT2D eigenvalue weighted by Gasteiger charge is -2.13. The molecule has 2 aromatic rings. The second-order valence-electron chi connectivity index (χ2n) is 5.86. The molecular weight excluding hydrogens is 318 g/mol. The number of nitrogens with zero attached hydrogens (tertiary/aromatic N) is 3. The maximum atomic E-state index is 4.68. The highest BCUT2D eigenvalue weighted by Gasteiger charge is 2.05. The minimum Gasteiger partial charge on any atom is -0.378 e. The molecule has 0 atom stereocenters. The Morgan fingerprint density at radius 1 is 1.25 bits per heavy atom. The van der Waals surface area contributed by atoms with Gasteiger partial charge in [0, 0.05) is 31.2 Å². The van der Waals surface area contributed by atoms with E-state index in [9.17, 15) is 0 Å². The molecule has 1 aromatic heterocycles. The molecule has 2 rings (SSSR count). The molecule has 0 aliphatic heterocycles. The van der Waals surface area contributed by atoms with Crippen molar-refractivity contribution >= 4 is 23.0 Å². The molecule has 0 aliphatic rings. The summed E-state index contributed by atoms with van der Waals surface area (Å²) in [6.07, 6.45) is 0. The average Bonchev–Trinajstić information content (AvgIpc) is 2.88. The minimum atomic E-state index is 0.646. The highest BCUT2D eigenvalue weighted by molar-refractivity contribution is 7.11. The van der Waals surface area contributed by atoms with Crippen LogP contribution in [0.1, 0.15) is 28.1 Å². The predicted octanol–water partition coefficient (Wildman–Crippen LogP) is 3.08. The molecule has 0 bridgehead atoms. The van der Waals surface area contributed by atoms with Gasteiger partial charge in [-0.25, -0.2) is 9.98 Å². The topological polar surface area (TPSA) is 52.6 Å². The standard InChI is InChI=1S/C18H27N5S/c1-6-19-18(21-12-17-22-13(2)14(3)24-17)20-11-15-8-7-9-16(10-15)23(4)5/h7-10H,6,11-12H2,1-5H3,(H2,19,20,21). The quantitative estimate of drug-likeness (QED) is 0.624. The summed E-state index contributed by atoms with van der Waals surface area (Å²) >= 11 is 1.73. The molecule has 0 aliphatic carbocycles. The van der Waals surface area contributed by atoms with E-state index < -0.39 is 0 Å². The Morgan fingerprint density at radius 2 is 2.04 bits per heavy atom. The number of hydrogen-bond donors (Lipinski definition) is 2. The number of aliphatic imine (C=N–C) groups is 1. The summed E-state index contributed by atoms with van der Waals surface area (Å²) in [5.41, 5.74) is 3.49. The van der Waals surface area contributed by atoms with Gasteiger partial charge in [0.15, 0.2) is 5.96 Å². The first-order chi connectivity index (χ1) is 11.5. The monoisotopic (exact) mass is 345 g/mol. The van der Waals surface area contributed by atoms with Crippen molar-refractivity contribution in [1.29, 1.82) is 0 Å². The summed E-state index contributed by atoms with van der Waals surface area (Å²) < 4.78 is 0. The number of anilines is 1. The molecule has 0 saturated heterocycles. The van der Waals surface area contributed by atoms with Crippen LogP contribution < -0.4 is 15.5 Å². The van der Waals surface area contributed by atoms with Gasteiger partial charge in [-0.2, -0.15) is 0 Å². The summed E-state index contributed by atoms with van der Waals surface area (Å²) in [6, 6.07) is 8.44. The van der Waals surface area contributed by atoms with E-state index in [-0.39, 0.29) is 0 Å². The van der Waals surface area contributed by atoms with E-state index in [0.717, 1.165) is 23.2 Å². The molecule has 0 radical (unpaired) electrons. The summed E-state index contributed by atoms with van der Waals surface area (Å²) in [6.45, 7) is 8.40. The Hall–Kier alpha value is -2.08. The average molecular weight is 346 g/mol. The van der Waals surface area contributed by atoms with Crippen LogP contribution in [-0.2, 0) is 13.1 Å². The van der Waals surface area contributed by atoms with E-state index in [0.29, 0.717) is 13.1 Å². The van der Waals surface area contributed by atoms with Crippen LogP contribution in [0.3, 0.4) is 0 Å². The smallest absolute Gasteiger partial charge is 0.191 e.